The summed E-state index contributed by atoms with van der Waals surface area (Å²) in [5.74, 6) is 0.213. The molecule has 1 amide bonds. The van der Waals surface area contributed by atoms with Crippen LogP contribution in [0.25, 0.3) is 0 Å². The maximum absolute atomic E-state index is 11.2. The summed E-state index contributed by atoms with van der Waals surface area (Å²) in [7, 11) is 1.66. The van der Waals surface area contributed by atoms with E-state index in [4.69, 9.17) is 17.0 Å². The van der Waals surface area contributed by atoms with Gasteiger partial charge in [-0.05, 0) is 31.5 Å². The predicted molar refractivity (Wildman–Crippen MR) is 61.1 cm³/mol. The lowest BCUT2D eigenvalue weighted by molar-refractivity contribution is -0.122. The van der Waals surface area contributed by atoms with E-state index >= 15 is 0 Å². The van der Waals surface area contributed by atoms with Crippen molar-refractivity contribution in [2.75, 3.05) is 20.3 Å². The van der Waals surface area contributed by atoms with Crippen LogP contribution in [-0.2, 0) is 9.53 Å². The Morgan fingerprint density at radius 2 is 2.20 bits per heavy atom. The fourth-order valence-corrected chi connectivity index (χ4v) is 1.18. The molecule has 0 aromatic carbocycles. The topological polar surface area (TPSA) is 62.4 Å². The minimum atomic E-state index is 0.0241. The summed E-state index contributed by atoms with van der Waals surface area (Å²) in [6, 6.07) is 0. The van der Waals surface area contributed by atoms with Gasteiger partial charge in [-0.3, -0.25) is 15.6 Å². The first-order chi connectivity index (χ1) is 7.24. The van der Waals surface area contributed by atoms with Gasteiger partial charge in [-0.25, -0.2) is 0 Å². The van der Waals surface area contributed by atoms with E-state index in [-0.39, 0.29) is 11.8 Å². The molecular weight excluding hydrogens is 214 g/mol. The largest absolute Gasteiger partial charge is 0.385 e. The molecule has 0 spiro atoms. The van der Waals surface area contributed by atoms with Crippen molar-refractivity contribution in [1.82, 2.24) is 16.2 Å². The smallest absolute Gasteiger partial charge is 0.241 e. The van der Waals surface area contributed by atoms with Gasteiger partial charge in [0, 0.05) is 26.2 Å². The van der Waals surface area contributed by atoms with E-state index in [0.29, 0.717) is 11.7 Å². The van der Waals surface area contributed by atoms with Gasteiger partial charge in [-0.2, -0.15) is 0 Å². The Kier molecular flexibility index (Phi) is 5.34. The van der Waals surface area contributed by atoms with Crippen molar-refractivity contribution in [3.63, 3.8) is 0 Å². The van der Waals surface area contributed by atoms with Crippen molar-refractivity contribution in [3.05, 3.63) is 0 Å². The summed E-state index contributed by atoms with van der Waals surface area (Å²) in [4.78, 5) is 11.2. The molecule has 1 saturated carbocycles. The molecule has 15 heavy (non-hydrogen) atoms. The molecule has 1 aliphatic carbocycles. The Labute approximate surface area is 94.9 Å². The third-order valence-electron chi connectivity index (χ3n) is 2.06. The standard InChI is InChI=1S/C9H17N3O2S/c1-14-6-2-5-10-9(15)12-11-8(13)7-3-4-7/h7H,2-6H2,1H3,(H,11,13)(H2,10,12,15). The van der Waals surface area contributed by atoms with E-state index in [1.807, 2.05) is 0 Å². The van der Waals surface area contributed by atoms with Gasteiger partial charge < -0.3 is 10.1 Å². The number of methoxy groups -OCH3 is 1. The fraction of sp³-hybridized carbons (Fsp3) is 0.778. The number of amides is 1. The highest BCUT2D eigenvalue weighted by molar-refractivity contribution is 7.80. The van der Waals surface area contributed by atoms with Crippen LogP contribution in [-0.4, -0.2) is 31.3 Å². The second-order valence-corrected chi connectivity index (χ2v) is 3.90. The van der Waals surface area contributed by atoms with Crippen LogP contribution in [0.3, 0.4) is 0 Å². The minimum absolute atomic E-state index is 0.0241. The van der Waals surface area contributed by atoms with Gasteiger partial charge in [-0.15, -0.1) is 0 Å². The molecule has 0 aliphatic heterocycles. The quantitative estimate of drug-likeness (QED) is 0.351. The molecule has 5 nitrogen and oxygen atoms in total. The summed E-state index contributed by atoms with van der Waals surface area (Å²) >= 11 is 4.95. The Balaban J connectivity index is 1.95. The predicted octanol–water partition coefficient (Wildman–Crippen LogP) is -0.0718. The van der Waals surface area contributed by atoms with Crippen LogP contribution in [0.4, 0.5) is 0 Å². The number of hydrogen-bond acceptors (Lipinski definition) is 3. The third-order valence-corrected chi connectivity index (χ3v) is 2.30. The van der Waals surface area contributed by atoms with Crippen LogP contribution in [0.5, 0.6) is 0 Å². The Hall–Kier alpha value is -0.880. The van der Waals surface area contributed by atoms with Crippen LogP contribution in [0.15, 0.2) is 0 Å². The zero-order valence-electron chi connectivity index (χ0n) is 8.84. The lowest BCUT2D eigenvalue weighted by atomic mass is 10.4. The summed E-state index contributed by atoms with van der Waals surface area (Å²) in [5.41, 5.74) is 5.22. The third kappa shape index (κ3) is 5.54. The summed E-state index contributed by atoms with van der Waals surface area (Å²) in [5, 5.41) is 3.40. The molecule has 0 unspecified atom stereocenters. The first-order valence-electron chi connectivity index (χ1n) is 5.06. The van der Waals surface area contributed by atoms with Crippen molar-refractivity contribution in [1.29, 1.82) is 0 Å². The zero-order valence-corrected chi connectivity index (χ0v) is 9.65. The second kappa shape index (κ2) is 6.58. The van der Waals surface area contributed by atoms with E-state index in [2.05, 4.69) is 16.2 Å². The molecule has 1 fully saturated rings. The highest BCUT2D eigenvalue weighted by Crippen LogP contribution is 2.28. The molecule has 0 aromatic heterocycles. The van der Waals surface area contributed by atoms with Crippen LogP contribution in [0.2, 0.25) is 0 Å². The number of carbonyl (C=O) groups excluding carboxylic acids is 1. The highest BCUT2D eigenvalue weighted by atomic mass is 32.1. The molecule has 6 heteroatoms. The summed E-state index contributed by atoms with van der Waals surface area (Å²) < 4.78 is 4.89. The van der Waals surface area contributed by atoms with Gasteiger partial charge in [0.1, 0.15) is 0 Å². The maximum atomic E-state index is 11.2. The second-order valence-electron chi connectivity index (χ2n) is 3.49. The minimum Gasteiger partial charge on any atom is -0.385 e. The number of carbonyl (C=O) groups is 1. The van der Waals surface area contributed by atoms with Gasteiger partial charge in [-0.1, -0.05) is 0 Å². The van der Waals surface area contributed by atoms with Crippen LogP contribution < -0.4 is 16.2 Å². The molecule has 3 N–H and O–H groups in total. The van der Waals surface area contributed by atoms with E-state index in [9.17, 15) is 4.79 Å². The summed E-state index contributed by atoms with van der Waals surface area (Å²) in [6.45, 7) is 1.43. The van der Waals surface area contributed by atoms with E-state index in [1.54, 1.807) is 7.11 Å². The van der Waals surface area contributed by atoms with Crippen LogP contribution >= 0.6 is 12.2 Å². The Morgan fingerprint density at radius 1 is 1.47 bits per heavy atom. The normalized spacial score (nSPS) is 14.5. The van der Waals surface area contributed by atoms with Gasteiger partial charge >= 0.3 is 0 Å². The molecular formula is C9H17N3O2S. The molecule has 0 bridgehead atoms. The SMILES string of the molecule is COCCCNC(=S)NNC(=O)C1CC1. The maximum Gasteiger partial charge on any atom is 0.241 e. The molecule has 1 rings (SSSR count). The monoisotopic (exact) mass is 231 g/mol. The first kappa shape index (κ1) is 12.2. The number of hydrogen-bond donors (Lipinski definition) is 3. The van der Waals surface area contributed by atoms with Crippen LogP contribution in [0.1, 0.15) is 19.3 Å². The zero-order chi connectivity index (χ0) is 11.1. The average molecular weight is 231 g/mol. The number of rotatable bonds is 5. The number of nitrogens with one attached hydrogen (secondary N) is 3. The molecule has 1 aliphatic rings. The highest BCUT2D eigenvalue weighted by Gasteiger charge is 2.29. The van der Waals surface area contributed by atoms with Crippen molar-refractivity contribution >= 4 is 23.2 Å². The lowest BCUT2D eigenvalue weighted by Crippen LogP contribution is -2.47. The van der Waals surface area contributed by atoms with E-state index < -0.39 is 0 Å². The van der Waals surface area contributed by atoms with Gasteiger partial charge in [0.25, 0.3) is 0 Å². The van der Waals surface area contributed by atoms with Crippen LogP contribution in [0, 0.1) is 5.92 Å². The first-order valence-corrected chi connectivity index (χ1v) is 5.47. The molecule has 86 valence electrons. The van der Waals surface area contributed by atoms with Crippen molar-refractivity contribution in [3.8, 4) is 0 Å². The number of thiocarbonyl (C=S) groups is 1. The molecule has 0 atom stereocenters. The van der Waals surface area contributed by atoms with Crippen molar-refractivity contribution < 1.29 is 9.53 Å². The van der Waals surface area contributed by atoms with Gasteiger partial charge in [0.2, 0.25) is 5.91 Å². The molecule has 0 saturated heterocycles. The molecule has 0 radical (unpaired) electrons. The lowest BCUT2D eigenvalue weighted by Gasteiger charge is -2.10. The van der Waals surface area contributed by atoms with Gasteiger partial charge in [0.15, 0.2) is 5.11 Å². The average Bonchev–Trinajstić information content (AvgIpc) is 3.04. The van der Waals surface area contributed by atoms with E-state index in [0.717, 1.165) is 25.8 Å². The van der Waals surface area contributed by atoms with Gasteiger partial charge in [0.05, 0.1) is 0 Å². The summed E-state index contributed by atoms with van der Waals surface area (Å²) in [6.07, 6.45) is 2.86. The van der Waals surface area contributed by atoms with Crippen molar-refractivity contribution in [2.45, 2.75) is 19.3 Å². The van der Waals surface area contributed by atoms with Crippen molar-refractivity contribution in [2.24, 2.45) is 5.92 Å². The number of hydrazine groups is 1. The Bertz CT molecular complexity index is 231. The molecule has 0 aromatic rings. The van der Waals surface area contributed by atoms with E-state index in [1.165, 1.54) is 0 Å². The molecule has 0 heterocycles. The fourth-order valence-electron chi connectivity index (χ4n) is 1.03. The number of ether oxygens (including phenoxy) is 1. The Morgan fingerprint density at radius 3 is 2.80 bits per heavy atom.